The van der Waals surface area contributed by atoms with Crippen LogP contribution in [-0.2, 0) is 19.1 Å². The Morgan fingerprint density at radius 3 is 1.79 bits per heavy atom. The summed E-state index contributed by atoms with van der Waals surface area (Å²) in [5, 5.41) is 0. The van der Waals surface area contributed by atoms with Crippen molar-refractivity contribution < 1.29 is 19.1 Å². The Bertz CT molecular complexity index is 608. The first-order chi connectivity index (χ1) is 13.3. The Kier molecular flexibility index (Phi) is 5.90. The van der Waals surface area contributed by atoms with Crippen LogP contribution in [0.1, 0.15) is 106 Å². The van der Waals surface area contributed by atoms with Crippen LogP contribution >= 0.6 is 0 Å². The monoisotopic (exact) mass is 406 g/mol. The maximum atomic E-state index is 12.8. The summed E-state index contributed by atoms with van der Waals surface area (Å²) in [6.07, 6.45) is 9.29. The molecule has 4 aliphatic carbocycles. The molecule has 0 aromatic carbocycles. The first-order valence-corrected chi connectivity index (χ1v) is 11.7. The van der Waals surface area contributed by atoms with Crippen molar-refractivity contribution in [1.82, 2.24) is 0 Å². The highest BCUT2D eigenvalue weighted by Gasteiger charge is 2.58. The summed E-state index contributed by atoms with van der Waals surface area (Å²) in [4.78, 5) is 25.2. The maximum absolute atomic E-state index is 12.8. The van der Waals surface area contributed by atoms with Gasteiger partial charge in [-0.2, -0.15) is 0 Å². The molecule has 0 heterocycles. The highest BCUT2D eigenvalue weighted by Crippen LogP contribution is 2.64. The van der Waals surface area contributed by atoms with Crippen LogP contribution in [0.2, 0.25) is 0 Å². The third kappa shape index (κ3) is 4.66. The lowest BCUT2D eigenvalue weighted by Gasteiger charge is -2.61. The highest BCUT2D eigenvalue weighted by molar-refractivity contribution is 5.76. The fraction of sp³-hybridized carbons (Fsp3) is 0.920. The van der Waals surface area contributed by atoms with Gasteiger partial charge in [-0.25, -0.2) is 0 Å². The minimum atomic E-state index is -0.673. The van der Waals surface area contributed by atoms with Crippen molar-refractivity contribution >= 4 is 11.9 Å². The summed E-state index contributed by atoms with van der Waals surface area (Å²) < 4.78 is 11.9. The summed E-state index contributed by atoms with van der Waals surface area (Å²) in [7, 11) is 0. The fourth-order valence-corrected chi connectivity index (χ4v) is 6.28. The summed E-state index contributed by atoms with van der Waals surface area (Å²) in [6.45, 7) is 13.8. The van der Waals surface area contributed by atoms with Gasteiger partial charge in [-0.15, -0.1) is 0 Å². The van der Waals surface area contributed by atoms with Crippen molar-refractivity contribution in [2.24, 2.45) is 28.6 Å². The summed E-state index contributed by atoms with van der Waals surface area (Å²) in [5.74, 6) is 2.13. The molecule has 0 saturated heterocycles. The van der Waals surface area contributed by atoms with Crippen LogP contribution in [0.15, 0.2) is 0 Å². The molecular weight excluding hydrogens is 364 g/mol. The van der Waals surface area contributed by atoms with E-state index in [1.165, 1.54) is 38.5 Å². The van der Waals surface area contributed by atoms with Gasteiger partial charge in [-0.05, 0) is 111 Å². The highest BCUT2D eigenvalue weighted by atomic mass is 16.6. The third-order valence-corrected chi connectivity index (χ3v) is 8.42. The normalized spacial score (nSPS) is 31.6. The lowest BCUT2D eigenvalue weighted by Crippen LogP contribution is -2.57. The Labute approximate surface area is 177 Å². The van der Waals surface area contributed by atoms with Crippen LogP contribution < -0.4 is 0 Å². The second-order valence-electron chi connectivity index (χ2n) is 12.1. The summed E-state index contributed by atoms with van der Waals surface area (Å²) in [6, 6.07) is 0. The van der Waals surface area contributed by atoms with E-state index in [0.717, 1.165) is 24.2 Å². The van der Waals surface area contributed by atoms with Gasteiger partial charge in [0.25, 0.3) is 0 Å². The van der Waals surface area contributed by atoms with Crippen molar-refractivity contribution in [2.75, 3.05) is 0 Å². The molecule has 166 valence electrons. The van der Waals surface area contributed by atoms with Crippen LogP contribution in [0.5, 0.6) is 0 Å². The van der Waals surface area contributed by atoms with Crippen molar-refractivity contribution in [3.63, 3.8) is 0 Å². The molecule has 4 nitrogen and oxygen atoms in total. The van der Waals surface area contributed by atoms with E-state index in [4.69, 9.17) is 9.47 Å². The smallest absolute Gasteiger partial charge is 0.312 e. The van der Waals surface area contributed by atoms with Crippen LogP contribution in [0.3, 0.4) is 0 Å². The zero-order valence-corrected chi connectivity index (χ0v) is 19.7. The standard InChI is InChI=1S/C25H42O4/c1-8-22(2,3)21(27)29-23(4,5)10-9-20(26)28-24(6,7)25-14-17-11-18(15-25)13-19(12-17)16-25/h17-19H,8-16H2,1-7H3. The molecule has 0 aromatic heterocycles. The molecule has 0 aromatic rings. The molecule has 0 unspecified atom stereocenters. The van der Waals surface area contributed by atoms with Gasteiger partial charge in [0.1, 0.15) is 11.2 Å². The molecular formula is C25H42O4. The van der Waals surface area contributed by atoms with Gasteiger partial charge >= 0.3 is 11.9 Å². The molecule has 4 bridgehead atoms. The second-order valence-corrected chi connectivity index (χ2v) is 12.1. The molecule has 4 rings (SSSR count). The summed E-state index contributed by atoms with van der Waals surface area (Å²) in [5.41, 5.74) is -1.44. The second kappa shape index (κ2) is 7.57. The predicted molar refractivity (Wildman–Crippen MR) is 114 cm³/mol. The zero-order valence-electron chi connectivity index (χ0n) is 19.7. The van der Waals surface area contributed by atoms with E-state index in [1.54, 1.807) is 0 Å². The quantitative estimate of drug-likeness (QED) is 0.460. The van der Waals surface area contributed by atoms with Crippen molar-refractivity contribution in [1.29, 1.82) is 0 Å². The van der Waals surface area contributed by atoms with Crippen LogP contribution in [0, 0.1) is 28.6 Å². The third-order valence-electron chi connectivity index (χ3n) is 8.42. The molecule has 0 atom stereocenters. The largest absolute Gasteiger partial charge is 0.459 e. The number of hydrogen-bond acceptors (Lipinski definition) is 4. The first kappa shape index (κ1) is 22.6. The lowest BCUT2D eigenvalue weighted by atomic mass is 9.46. The van der Waals surface area contributed by atoms with E-state index in [0.29, 0.717) is 6.42 Å². The zero-order chi connectivity index (χ0) is 21.7. The number of carbonyl (C=O) groups excluding carboxylic acids is 2. The first-order valence-electron chi connectivity index (χ1n) is 11.7. The van der Waals surface area contributed by atoms with Gasteiger partial charge in [0.2, 0.25) is 0 Å². The molecule has 0 aliphatic heterocycles. The number of ether oxygens (including phenoxy) is 2. The summed E-state index contributed by atoms with van der Waals surface area (Å²) >= 11 is 0. The van der Waals surface area contributed by atoms with Gasteiger partial charge in [0, 0.05) is 11.8 Å². The van der Waals surface area contributed by atoms with E-state index in [2.05, 4.69) is 13.8 Å². The average molecular weight is 407 g/mol. The molecule has 4 fully saturated rings. The Hall–Kier alpha value is -1.06. The minimum absolute atomic E-state index is 0.157. The Morgan fingerprint density at radius 1 is 0.862 bits per heavy atom. The molecule has 0 N–H and O–H groups in total. The molecule has 29 heavy (non-hydrogen) atoms. The Balaban J connectivity index is 1.55. The molecule has 0 spiro atoms. The molecule has 4 heteroatoms. The number of hydrogen-bond donors (Lipinski definition) is 0. The van der Waals surface area contributed by atoms with E-state index >= 15 is 0 Å². The molecule has 4 aliphatic rings. The minimum Gasteiger partial charge on any atom is -0.459 e. The predicted octanol–water partition coefficient (Wildman–Crippen LogP) is 6.06. The van der Waals surface area contributed by atoms with Gasteiger partial charge in [-0.1, -0.05) is 6.92 Å². The topological polar surface area (TPSA) is 52.6 Å². The Morgan fingerprint density at radius 2 is 1.34 bits per heavy atom. The van der Waals surface area contributed by atoms with Crippen molar-refractivity contribution in [2.45, 2.75) is 117 Å². The van der Waals surface area contributed by atoms with Crippen LogP contribution in [0.25, 0.3) is 0 Å². The average Bonchev–Trinajstić information content (AvgIpc) is 2.58. The number of rotatable bonds is 8. The van der Waals surface area contributed by atoms with E-state index in [9.17, 15) is 9.59 Å². The van der Waals surface area contributed by atoms with Gasteiger partial charge in [0.15, 0.2) is 0 Å². The van der Waals surface area contributed by atoms with E-state index in [1.807, 2.05) is 34.6 Å². The van der Waals surface area contributed by atoms with E-state index < -0.39 is 16.6 Å². The molecule has 0 amide bonds. The van der Waals surface area contributed by atoms with Gasteiger partial charge in [0.05, 0.1) is 5.41 Å². The van der Waals surface area contributed by atoms with Crippen LogP contribution in [0.4, 0.5) is 0 Å². The SMILES string of the molecule is CCC(C)(C)C(=O)OC(C)(C)CCC(=O)OC(C)(C)C12CC3CC(CC(C3)C1)C2. The van der Waals surface area contributed by atoms with Gasteiger partial charge < -0.3 is 9.47 Å². The van der Waals surface area contributed by atoms with E-state index in [-0.39, 0.29) is 23.8 Å². The number of esters is 2. The van der Waals surface area contributed by atoms with Crippen molar-refractivity contribution in [3.05, 3.63) is 0 Å². The molecule has 0 radical (unpaired) electrons. The number of carbonyl (C=O) groups is 2. The van der Waals surface area contributed by atoms with Gasteiger partial charge in [-0.3, -0.25) is 9.59 Å². The molecule has 4 saturated carbocycles. The lowest BCUT2D eigenvalue weighted by molar-refractivity contribution is -0.200. The fourth-order valence-electron chi connectivity index (χ4n) is 6.28. The van der Waals surface area contributed by atoms with Crippen LogP contribution in [-0.4, -0.2) is 23.1 Å². The van der Waals surface area contributed by atoms with Crippen molar-refractivity contribution in [3.8, 4) is 0 Å². The maximum Gasteiger partial charge on any atom is 0.312 e.